The summed E-state index contributed by atoms with van der Waals surface area (Å²) in [4.78, 5) is 12.3. The number of ether oxygens (including phenoxy) is 3. The van der Waals surface area contributed by atoms with E-state index in [1.807, 2.05) is 0 Å². The van der Waals surface area contributed by atoms with Crippen LogP contribution >= 0.6 is 0 Å². The van der Waals surface area contributed by atoms with Crippen molar-refractivity contribution < 1.29 is 27.4 Å². The van der Waals surface area contributed by atoms with Gasteiger partial charge < -0.3 is 19.5 Å². The van der Waals surface area contributed by atoms with Gasteiger partial charge in [0.15, 0.2) is 16.1 Å². The SMILES string of the molecule is CC(C)(C)OC(=O)N[C@@H](CO[C@H]1CCCCO1)CS(=O)(=O)c1ccccc1. The number of carbonyl (C=O) groups excluding carboxylic acids is 1. The molecule has 0 spiro atoms. The lowest BCUT2D eigenvalue weighted by atomic mass is 10.2. The van der Waals surface area contributed by atoms with E-state index in [0.717, 1.165) is 19.3 Å². The van der Waals surface area contributed by atoms with Gasteiger partial charge in [0.05, 0.1) is 23.3 Å². The summed E-state index contributed by atoms with van der Waals surface area (Å²) in [6.45, 7) is 5.88. The van der Waals surface area contributed by atoms with E-state index in [2.05, 4.69) is 5.32 Å². The van der Waals surface area contributed by atoms with E-state index < -0.39 is 27.6 Å². The lowest BCUT2D eigenvalue weighted by Gasteiger charge is -2.27. The van der Waals surface area contributed by atoms with Crippen molar-refractivity contribution >= 4 is 15.9 Å². The van der Waals surface area contributed by atoms with Crippen LogP contribution in [0.15, 0.2) is 35.2 Å². The maximum Gasteiger partial charge on any atom is 0.407 e. The van der Waals surface area contributed by atoms with Crippen LogP contribution in [0.5, 0.6) is 0 Å². The second-order valence-electron chi connectivity index (χ2n) is 7.57. The number of benzene rings is 1. The number of sulfone groups is 1. The number of amides is 1. The highest BCUT2D eigenvalue weighted by Crippen LogP contribution is 2.16. The van der Waals surface area contributed by atoms with Crippen molar-refractivity contribution in [2.24, 2.45) is 0 Å². The summed E-state index contributed by atoms with van der Waals surface area (Å²) >= 11 is 0. The third kappa shape index (κ3) is 7.86. The minimum absolute atomic E-state index is 0.0238. The molecule has 1 aromatic rings. The van der Waals surface area contributed by atoms with E-state index in [-0.39, 0.29) is 23.5 Å². The van der Waals surface area contributed by atoms with Crippen molar-refractivity contribution in [2.75, 3.05) is 19.0 Å². The highest BCUT2D eigenvalue weighted by Gasteiger charge is 2.27. The number of hydrogen-bond acceptors (Lipinski definition) is 6. The second-order valence-corrected chi connectivity index (χ2v) is 9.60. The Bertz CT molecular complexity index is 693. The summed E-state index contributed by atoms with van der Waals surface area (Å²) in [5, 5.41) is 2.62. The Morgan fingerprint density at radius 1 is 1.26 bits per heavy atom. The van der Waals surface area contributed by atoms with Crippen molar-refractivity contribution in [1.29, 1.82) is 0 Å². The van der Waals surface area contributed by atoms with Gasteiger partial charge in [0, 0.05) is 6.61 Å². The topological polar surface area (TPSA) is 90.9 Å². The predicted octanol–water partition coefficient (Wildman–Crippen LogP) is 2.90. The maximum atomic E-state index is 12.7. The van der Waals surface area contributed by atoms with Crippen LogP contribution < -0.4 is 5.32 Å². The van der Waals surface area contributed by atoms with Gasteiger partial charge in [0.2, 0.25) is 0 Å². The van der Waals surface area contributed by atoms with Gasteiger partial charge in [-0.2, -0.15) is 0 Å². The lowest BCUT2D eigenvalue weighted by molar-refractivity contribution is -0.164. The Hall–Kier alpha value is -1.64. The fraction of sp³-hybridized carbons (Fsp3) is 0.632. The van der Waals surface area contributed by atoms with Gasteiger partial charge in [-0.1, -0.05) is 18.2 Å². The molecule has 1 heterocycles. The molecule has 152 valence electrons. The Morgan fingerprint density at radius 3 is 2.56 bits per heavy atom. The quantitative estimate of drug-likeness (QED) is 0.758. The first-order valence-corrected chi connectivity index (χ1v) is 10.8. The minimum atomic E-state index is -3.59. The predicted molar refractivity (Wildman–Crippen MR) is 101 cm³/mol. The number of nitrogens with one attached hydrogen (secondary N) is 1. The van der Waals surface area contributed by atoms with Gasteiger partial charge in [0.1, 0.15) is 5.60 Å². The molecule has 1 saturated heterocycles. The van der Waals surface area contributed by atoms with Crippen molar-refractivity contribution in [2.45, 2.75) is 62.9 Å². The molecule has 1 aliphatic rings. The molecule has 0 radical (unpaired) electrons. The minimum Gasteiger partial charge on any atom is -0.444 e. The summed E-state index contributed by atoms with van der Waals surface area (Å²) < 4.78 is 41.8. The molecule has 1 fully saturated rings. The summed E-state index contributed by atoms with van der Waals surface area (Å²) in [7, 11) is -3.59. The first-order chi connectivity index (χ1) is 12.7. The third-order valence-electron chi connectivity index (χ3n) is 3.86. The number of rotatable bonds is 7. The highest BCUT2D eigenvalue weighted by molar-refractivity contribution is 7.91. The molecule has 27 heavy (non-hydrogen) atoms. The standard InChI is InChI=1S/C19H29NO6S/c1-19(2,3)26-18(21)20-15(13-25-17-11-7-8-12-24-17)14-27(22,23)16-9-5-4-6-10-16/h4-6,9-10,15,17H,7-8,11-14H2,1-3H3,(H,20,21)/t15-,17-/m0/s1. The number of hydrogen-bond donors (Lipinski definition) is 1. The van der Waals surface area contributed by atoms with E-state index in [4.69, 9.17) is 14.2 Å². The van der Waals surface area contributed by atoms with Crippen LogP contribution in [0.4, 0.5) is 4.79 Å². The molecule has 0 saturated carbocycles. The highest BCUT2D eigenvalue weighted by atomic mass is 32.2. The van der Waals surface area contributed by atoms with Crippen LogP contribution in [0.2, 0.25) is 0 Å². The monoisotopic (exact) mass is 399 g/mol. The largest absolute Gasteiger partial charge is 0.444 e. The smallest absolute Gasteiger partial charge is 0.407 e. The number of alkyl carbamates (subject to hydrolysis) is 1. The second kappa shape index (κ2) is 9.52. The summed E-state index contributed by atoms with van der Waals surface area (Å²) in [5.74, 6) is -0.289. The van der Waals surface area contributed by atoms with Crippen molar-refractivity contribution in [3.8, 4) is 0 Å². The molecule has 0 aliphatic carbocycles. The molecule has 0 unspecified atom stereocenters. The molecule has 1 aliphatic heterocycles. The lowest BCUT2D eigenvalue weighted by Crippen LogP contribution is -2.46. The molecular weight excluding hydrogens is 370 g/mol. The summed E-state index contributed by atoms with van der Waals surface area (Å²) in [6.07, 6.45) is 1.69. The number of carbonyl (C=O) groups is 1. The maximum absolute atomic E-state index is 12.7. The van der Waals surface area contributed by atoms with Crippen LogP contribution in [0.3, 0.4) is 0 Å². The zero-order valence-electron chi connectivity index (χ0n) is 16.1. The van der Waals surface area contributed by atoms with E-state index in [0.29, 0.717) is 6.61 Å². The summed E-state index contributed by atoms with van der Waals surface area (Å²) in [5.41, 5.74) is -0.680. The zero-order valence-corrected chi connectivity index (χ0v) is 17.0. The van der Waals surface area contributed by atoms with Crippen molar-refractivity contribution in [3.05, 3.63) is 30.3 Å². The van der Waals surface area contributed by atoms with Crippen molar-refractivity contribution in [3.63, 3.8) is 0 Å². The molecule has 1 N–H and O–H groups in total. The molecular formula is C19H29NO6S. The first kappa shape index (κ1) is 21.7. The molecule has 1 aromatic carbocycles. The van der Waals surface area contributed by atoms with Crippen LogP contribution in [-0.2, 0) is 24.0 Å². The Kier molecular flexibility index (Phi) is 7.64. The van der Waals surface area contributed by atoms with Gasteiger partial charge >= 0.3 is 6.09 Å². The average molecular weight is 400 g/mol. The molecule has 1 amide bonds. The first-order valence-electron chi connectivity index (χ1n) is 9.16. The van der Waals surface area contributed by atoms with Crippen LogP contribution in [0, 0.1) is 0 Å². The molecule has 0 bridgehead atoms. The fourth-order valence-electron chi connectivity index (χ4n) is 2.66. The van der Waals surface area contributed by atoms with E-state index in [1.54, 1.807) is 39.0 Å². The molecule has 2 atom stereocenters. The third-order valence-corrected chi connectivity index (χ3v) is 5.70. The van der Waals surface area contributed by atoms with Crippen molar-refractivity contribution in [1.82, 2.24) is 5.32 Å². The average Bonchev–Trinajstić information content (AvgIpc) is 2.59. The van der Waals surface area contributed by atoms with E-state index in [1.165, 1.54) is 12.1 Å². The molecule has 8 heteroatoms. The van der Waals surface area contributed by atoms with Gasteiger partial charge in [0.25, 0.3) is 0 Å². The Balaban J connectivity index is 2.04. The van der Waals surface area contributed by atoms with Crippen LogP contribution in [0.1, 0.15) is 40.0 Å². The van der Waals surface area contributed by atoms with Gasteiger partial charge in [-0.15, -0.1) is 0 Å². The van der Waals surface area contributed by atoms with Crippen LogP contribution in [-0.4, -0.2) is 51.4 Å². The Morgan fingerprint density at radius 2 is 1.96 bits per heavy atom. The zero-order chi connectivity index (χ0) is 19.9. The molecule has 7 nitrogen and oxygen atoms in total. The van der Waals surface area contributed by atoms with E-state index >= 15 is 0 Å². The van der Waals surface area contributed by atoms with Gasteiger partial charge in [-0.05, 0) is 52.2 Å². The van der Waals surface area contributed by atoms with Gasteiger partial charge in [-0.3, -0.25) is 0 Å². The molecule has 2 rings (SSSR count). The van der Waals surface area contributed by atoms with Gasteiger partial charge in [-0.25, -0.2) is 13.2 Å². The molecule has 0 aromatic heterocycles. The Labute approximate surface area is 161 Å². The van der Waals surface area contributed by atoms with E-state index in [9.17, 15) is 13.2 Å². The fourth-order valence-corrected chi connectivity index (χ4v) is 4.13. The van der Waals surface area contributed by atoms with Crippen LogP contribution in [0.25, 0.3) is 0 Å². The summed E-state index contributed by atoms with van der Waals surface area (Å²) in [6, 6.07) is 7.38. The normalized spacial score (nSPS) is 19.3.